The van der Waals surface area contributed by atoms with Crippen LogP contribution in [0.4, 0.5) is 27.6 Å². The van der Waals surface area contributed by atoms with Crippen molar-refractivity contribution in [3.8, 4) is 5.75 Å². The lowest BCUT2D eigenvalue weighted by molar-refractivity contribution is -0.274. The number of nitrogens with one attached hydrogen (secondary N) is 2. The maximum absolute atomic E-state index is 14.8. The Bertz CT molecular complexity index is 1550. The molecule has 2 unspecified atom stereocenters. The van der Waals surface area contributed by atoms with Crippen molar-refractivity contribution >= 4 is 17.5 Å². The number of carbonyl (C=O) groups is 2. The Morgan fingerprint density at radius 3 is 2.49 bits per heavy atom. The Hall–Kier alpha value is -4.96. The van der Waals surface area contributed by atoms with E-state index in [4.69, 9.17) is 16.3 Å². The van der Waals surface area contributed by atoms with Crippen molar-refractivity contribution in [2.75, 3.05) is 19.0 Å². The molecule has 2 aromatic carbocycles. The summed E-state index contributed by atoms with van der Waals surface area (Å²) < 4.78 is 76.6. The molecule has 0 aliphatic rings. The largest absolute Gasteiger partial charge is 0.573 e. The number of alkyl halides is 4. The quantitative estimate of drug-likeness (QED) is 0.0909. The van der Waals surface area contributed by atoms with Gasteiger partial charge in [-0.3, -0.25) is 14.4 Å². The second-order valence-electron chi connectivity index (χ2n) is 9.60. The van der Waals surface area contributed by atoms with Crippen molar-refractivity contribution in [1.29, 1.82) is 0 Å². The van der Waals surface area contributed by atoms with Gasteiger partial charge in [0.05, 0.1) is 12.2 Å². The number of benzene rings is 2. The summed E-state index contributed by atoms with van der Waals surface area (Å²) in [7, 11) is 1.31. The van der Waals surface area contributed by atoms with E-state index in [0.717, 1.165) is 34.0 Å². The van der Waals surface area contributed by atoms with Crippen molar-refractivity contribution in [2.45, 2.75) is 38.1 Å². The monoisotopic (exact) mass is 638 g/mol. The third kappa shape index (κ3) is 10.6. The average molecular weight is 639 g/mol. The second-order valence-corrected chi connectivity index (χ2v) is 9.60. The number of halogens is 5. The smallest absolute Gasteiger partial charge is 0.406 e. The van der Waals surface area contributed by atoms with Crippen LogP contribution in [0.1, 0.15) is 23.7 Å². The summed E-state index contributed by atoms with van der Waals surface area (Å²) in [4.78, 5) is 37.4. The first-order valence-corrected chi connectivity index (χ1v) is 13.3. The summed E-state index contributed by atoms with van der Waals surface area (Å²) in [6.07, 6.45) is -5.67. The Labute approximate surface area is 254 Å². The highest BCUT2D eigenvalue weighted by Gasteiger charge is 2.31. The number of carbonyl (C=O) groups excluding carboxylic acids is 2. The van der Waals surface area contributed by atoms with E-state index in [9.17, 15) is 36.3 Å². The fraction of sp³-hybridized carbons (Fsp3) is 0.276. The minimum absolute atomic E-state index is 0.188. The van der Waals surface area contributed by atoms with Gasteiger partial charge in [0.25, 0.3) is 17.4 Å². The molecular formula is C29H31F5N6O5. The normalized spacial score (nSPS) is 13.1. The molecule has 0 saturated heterocycles. The molecule has 3 rings (SSSR count). The first kappa shape index (κ1) is 34.5. The number of rotatable bonds is 14. The third-order valence-electron chi connectivity index (χ3n) is 6.18. The van der Waals surface area contributed by atoms with Crippen LogP contribution in [-0.2, 0) is 27.4 Å². The highest BCUT2D eigenvalue weighted by Crippen LogP contribution is 2.23. The van der Waals surface area contributed by atoms with E-state index in [2.05, 4.69) is 15.4 Å². The van der Waals surface area contributed by atoms with Crippen molar-refractivity contribution in [1.82, 2.24) is 14.9 Å². The van der Waals surface area contributed by atoms with Crippen LogP contribution in [0.15, 0.2) is 83.6 Å². The molecule has 0 bridgehead atoms. The molecule has 0 aliphatic carbocycles. The minimum Gasteiger partial charge on any atom is -0.406 e. The number of hydrogen-bond donors (Lipinski definition) is 4. The highest BCUT2D eigenvalue weighted by atomic mass is 19.4. The van der Waals surface area contributed by atoms with Gasteiger partial charge in [0.1, 0.15) is 17.6 Å². The molecule has 0 radical (unpaired) electrons. The van der Waals surface area contributed by atoms with Gasteiger partial charge in [-0.25, -0.2) is 10.2 Å². The predicted octanol–water partition coefficient (Wildman–Crippen LogP) is 3.23. The average Bonchev–Trinajstić information content (AvgIpc) is 2.98. The fourth-order valence-electron chi connectivity index (χ4n) is 4.07. The number of hydrogen-bond acceptors (Lipinski definition) is 8. The molecule has 3 aromatic rings. The summed E-state index contributed by atoms with van der Waals surface area (Å²) in [5.74, 6) is 2.49. The summed E-state index contributed by atoms with van der Waals surface area (Å²) in [5, 5.41) is 5.52. The Kier molecular flexibility index (Phi) is 12.0. The maximum Gasteiger partial charge on any atom is 0.573 e. The van der Waals surface area contributed by atoms with Gasteiger partial charge in [0.15, 0.2) is 6.10 Å². The van der Waals surface area contributed by atoms with Gasteiger partial charge in [-0.2, -0.15) is 4.39 Å². The molecule has 0 aliphatic heterocycles. The van der Waals surface area contributed by atoms with Crippen molar-refractivity contribution in [3.05, 3.63) is 106 Å². The predicted molar refractivity (Wildman–Crippen MR) is 153 cm³/mol. The zero-order valence-corrected chi connectivity index (χ0v) is 23.9. The molecule has 16 heteroatoms. The number of pyridine rings is 1. The molecule has 11 nitrogen and oxygen atoms in total. The van der Waals surface area contributed by atoms with Gasteiger partial charge in [-0.15, -0.1) is 13.2 Å². The molecule has 2 atom stereocenters. The highest BCUT2D eigenvalue weighted by molar-refractivity contribution is 5.95. The second kappa shape index (κ2) is 15.7. The van der Waals surface area contributed by atoms with E-state index >= 15 is 0 Å². The van der Waals surface area contributed by atoms with Gasteiger partial charge >= 0.3 is 6.36 Å². The fourth-order valence-corrected chi connectivity index (χ4v) is 4.07. The molecule has 1 aromatic heterocycles. The molecule has 45 heavy (non-hydrogen) atoms. The molecule has 242 valence electrons. The van der Waals surface area contributed by atoms with Crippen LogP contribution in [0.2, 0.25) is 0 Å². The lowest BCUT2D eigenvalue weighted by Gasteiger charge is -2.18. The van der Waals surface area contributed by atoms with E-state index in [0.29, 0.717) is 11.1 Å². The number of ether oxygens (including phenoxy) is 2. The van der Waals surface area contributed by atoms with Crippen LogP contribution in [0.3, 0.4) is 0 Å². The van der Waals surface area contributed by atoms with Crippen molar-refractivity contribution in [3.63, 3.8) is 0 Å². The number of amides is 2. The number of nitrogens with two attached hydrogens (primary N) is 2. The van der Waals surface area contributed by atoms with Crippen LogP contribution in [0, 0.1) is 5.82 Å². The number of hydrazine groups is 1. The lowest BCUT2D eigenvalue weighted by Crippen LogP contribution is -2.36. The van der Waals surface area contributed by atoms with Crippen LogP contribution < -0.4 is 32.5 Å². The van der Waals surface area contributed by atoms with Crippen LogP contribution in [0.5, 0.6) is 5.75 Å². The first-order valence-electron chi connectivity index (χ1n) is 13.3. The van der Waals surface area contributed by atoms with E-state index in [1.54, 1.807) is 30.3 Å². The summed E-state index contributed by atoms with van der Waals surface area (Å²) in [5.41, 5.74) is 4.63. The zero-order valence-electron chi connectivity index (χ0n) is 23.9. The molecule has 1 heterocycles. The Morgan fingerprint density at radius 2 is 1.82 bits per heavy atom. The molecule has 0 spiro atoms. The first-order chi connectivity index (χ1) is 21.3. The van der Waals surface area contributed by atoms with Crippen molar-refractivity contribution < 1.29 is 41.0 Å². The van der Waals surface area contributed by atoms with Gasteiger partial charge in [0, 0.05) is 32.6 Å². The van der Waals surface area contributed by atoms with Crippen LogP contribution >= 0.6 is 0 Å². The molecular weight excluding hydrogens is 607 g/mol. The van der Waals surface area contributed by atoms with Crippen molar-refractivity contribution in [2.24, 2.45) is 11.6 Å². The number of methoxy groups -OCH3 is 1. The molecule has 6 N–H and O–H groups in total. The third-order valence-corrected chi connectivity index (χ3v) is 6.18. The molecule has 2 amide bonds. The Balaban J connectivity index is 1.50. The van der Waals surface area contributed by atoms with E-state index in [-0.39, 0.29) is 25.2 Å². The maximum atomic E-state index is 14.8. The molecule has 0 saturated carbocycles. The summed E-state index contributed by atoms with van der Waals surface area (Å²) in [6.45, 7) is -0.874. The van der Waals surface area contributed by atoms with Gasteiger partial charge in [0.2, 0.25) is 5.82 Å². The lowest BCUT2D eigenvalue weighted by atomic mass is 10.1. The van der Waals surface area contributed by atoms with E-state index in [1.165, 1.54) is 25.4 Å². The SMILES string of the molecule is COC(C(=O)Nc1ccn(CCC(F)CN(N)/C=C(\N)C(=O)NCc2cccc(OC(F)(F)F)c2)c(=O)c1F)c1ccccc1. The number of aryl methyl sites for hydroxylation is 1. The topological polar surface area (TPSA) is 154 Å². The van der Waals surface area contributed by atoms with Gasteiger partial charge in [-0.05, 0) is 35.7 Å². The van der Waals surface area contributed by atoms with Crippen LogP contribution in [-0.4, -0.2) is 47.6 Å². The number of nitrogens with zero attached hydrogens (tertiary/aromatic N) is 2. The number of aromatic nitrogens is 1. The van der Waals surface area contributed by atoms with Gasteiger partial charge < -0.3 is 35.4 Å². The molecule has 0 fully saturated rings. The Morgan fingerprint density at radius 1 is 1.11 bits per heavy atom. The standard InChI is InChI=1S/C29H31F5N6O5/c1-44-25(19-7-3-2-4-8-19)27(42)38-23-11-13-39(28(43)24(23)31)12-10-20(30)16-40(36)17-22(35)26(41)37-15-18-6-5-9-21(14-18)45-29(32,33)34/h2-9,11,13-14,17,20,25H,10,12,15-16,35-36H2,1H3,(H,37,41)(H,38,42)/b22-17-. The van der Waals surface area contributed by atoms with Gasteiger partial charge in [-0.1, -0.05) is 42.5 Å². The summed E-state index contributed by atoms with van der Waals surface area (Å²) >= 11 is 0. The summed E-state index contributed by atoms with van der Waals surface area (Å²) in [6, 6.07) is 14.6. The number of anilines is 1. The van der Waals surface area contributed by atoms with E-state index < -0.39 is 59.8 Å². The van der Waals surface area contributed by atoms with Crippen LogP contribution in [0.25, 0.3) is 0 Å². The zero-order chi connectivity index (χ0) is 33.1. The minimum atomic E-state index is -4.87. The van der Waals surface area contributed by atoms with E-state index in [1.807, 2.05) is 0 Å².